The number of carbonyl (C=O) groups is 1. The zero-order chi connectivity index (χ0) is 13.5. The molecular formula is C14H22N2O2. The summed E-state index contributed by atoms with van der Waals surface area (Å²) in [6.07, 6.45) is 2.92. The van der Waals surface area contributed by atoms with Gasteiger partial charge in [-0.1, -0.05) is 19.9 Å². The predicted molar refractivity (Wildman–Crippen MR) is 72.7 cm³/mol. The Kier molecular flexibility index (Phi) is 5.62. The molecule has 0 radical (unpaired) electrons. The van der Waals surface area contributed by atoms with Gasteiger partial charge in [0.25, 0.3) is 0 Å². The van der Waals surface area contributed by atoms with E-state index in [2.05, 4.69) is 24.1 Å². The zero-order valence-corrected chi connectivity index (χ0v) is 11.3. The van der Waals surface area contributed by atoms with Crippen LogP contribution in [0.15, 0.2) is 18.3 Å². The second-order valence-corrected chi connectivity index (χ2v) is 5.20. The average Bonchev–Trinajstić information content (AvgIpc) is 2.26. The summed E-state index contributed by atoms with van der Waals surface area (Å²) in [4.78, 5) is 15.1. The molecule has 1 heterocycles. The van der Waals surface area contributed by atoms with Crippen LogP contribution < -0.4 is 5.32 Å². The van der Waals surface area contributed by atoms with E-state index in [1.165, 1.54) is 0 Å². The molecule has 1 aromatic heterocycles. The SMILES string of the molecule is Cc1ccc(NCC(CC(=O)O)CC(C)C)nc1. The van der Waals surface area contributed by atoms with E-state index in [9.17, 15) is 4.79 Å². The van der Waals surface area contributed by atoms with E-state index in [1.54, 1.807) is 6.20 Å². The normalized spacial score (nSPS) is 12.4. The summed E-state index contributed by atoms with van der Waals surface area (Å²) in [6.45, 7) is 6.86. The highest BCUT2D eigenvalue weighted by Gasteiger charge is 2.14. The number of anilines is 1. The molecule has 0 fully saturated rings. The molecule has 18 heavy (non-hydrogen) atoms. The first-order valence-corrected chi connectivity index (χ1v) is 6.35. The van der Waals surface area contributed by atoms with Crippen LogP contribution in [0.3, 0.4) is 0 Å². The minimum absolute atomic E-state index is 0.144. The Hall–Kier alpha value is -1.58. The lowest BCUT2D eigenvalue weighted by atomic mass is 9.94. The van der Waals surface area contributed by atoms with E-state index in [4.69, 9.17) is 5.11 Å². The number of carboxylic acids is 1. The number of aryl methyl sites for hydroxylation is 1. The van der Waals surface area contributed by atoms with Gasteiger partial charge >= 0.3 is 5.97 Å². The van der Waals surface area contributed by atoms with Crippen molar-refractivity contribution in [3.8, 4) is 0 Å². The third kappa shape index (κ3) is 5.66. The molecule has 1 aromatic rings. The number of pyridine rings is 1. The van der Waals surface area contributed by atoms with Crippen molar-refractivity contribution in [3.05, 3.63) is 23.9 Å². The summed E-state index contributed by atoms with van der Waals surface area (Å²) in [5.74, 6) is 0.715. The Morgan fingerprint density at radius 1 is 1.44 bits per heavy atom. The van der Waals surface area contributed by atoms with Crippen molar-refractivity contribution >= 4 is 11.8 Å². The van der Waals surface area contributed by atoms with Gasteiger partial charge in [-0.25, -0.2) is 4.98 Å². The largest absolute Gasteiger partial charge is 0.481 e. The van der Waals surface area contributed by atoms with Gasteiger partial charge in [-0.2, -0.15) is 0 Å². The Bertz CT molecular complexity index is 374. The third-order valence-corrected chi connectivity index (χ3v) is 2.75. The minimum Gasteiger partial charge on any atom is -0.481 e. The van der Waals surface area contributed by atoms with Crippen molar-refractivity contribution in [3.63, 3.8) is 0 Å². The first-order chi connectivity index (χ1) is 8.47. The van der Waals surface area contributed by atoms with Crippen LogP contribution in [0, 0.1) is 18.8 Å². The van der Waals surface area contributed by atoms with Gasteiger partial charge in [0.2, 0.25) is 0 Å². The van der Waals surface area contributed by atoms with Crippen LogP contribution >= 0.6 is 0 Å². The van der Waals surface area contributed by atoms with Crippen LogP contribution in [-0.4, -0.2) is 22.6 Å². The Balaban J connectivity index is 2.50. The van der Waals surface area contributed by atoms with Gasteiger partial charge in [-0.3, -0.25) is 4.79 Å². The molecule has 2 N–H and O–H groups in total. The van der Waals surface area contributed by atoms with Crippen LogP contribution in [0.5, 0.6) is 0 Å². The molecule has 0 amide bonds. The molecule has 4 heteroatoms. The molecule has 0 saturated heterocycles. The highest BCUT2D eigenvalue weighted by molar-refractivity contribution is 5.67. The predicted octanol–water partition coefficient (Wildman–Crippen LogP) is 2.94. The molecule has 100 valence electrons. The van der Waals surface area contributed by atoms with Crippen molar-refractivity contribution in [1.82, 2.24) is 4.98 Å². The molecule has 1 unspecified atom stereocenters. The monoisotopic (exact) mass is 250 g/mol. The third-order valence-electron chi connectivity index (χ3n) is 2.75. The van der Waals surface area contributed by atoms with Gasteiger partial charge in [-0.15, -0.1) is 0 Å². The molecule has 0 bridgehead atoms. The smallest absolute Gasteiger partial charge is 0.303 e. The number of rotatable bonds is 7. The highest BCUT2D eigenvalue weighted by atomic mass is 16.4. The zero-order valence-electron chi connectivity index (χ0n) is 11.3. The molecule has 1 atom stereocenters. The van der Waals surface area contributed by atoms with Gasteiger partial charge in [0, 0.05) is 19.2 Å². The highest BCUT2D eigenvalue weighted by Crippen LogP contribution is 2.16. The Labute approximate surface area is 108 Å². The number of hydrogen-bond acceptors (Lipinski definition) is 3. The topological polar surface area (TPSA) is 62.2 Å². The van der Waals surface area contributed by atoms with E-state index in [0.717, 1.165) is 17.8 Å². The molecule has 0 aliphatic heterocycles. The summed E-state index contributed by atoms with van der Waals surface area (Å²) >= 11 is 0. The van der Waals surface area contributed by atoms with Crippen LogP contribution in [0.4, 0.5) is 5.82 Å². The summed E-state index contributed by atoms with van der Waals surface area (Å²) in [5, 5.41) is 12.1. The van der Waals surface area contributed by atoms with Gasteiger partial charge in [0.05, 0.1) is 0 Å². The van der Waals surface area contributed by atoms with Crippen LogP contribution in [0.2, 0.25) is 0 Å². The Morgan fingerprint density at radius 3 is 2.67 bits per heavy atom. The second-order valence-electron chi connectivity index (χ2n) is 5.20. The maximum absolute atomic E-state index is 10.8. The van der Waals surface area contributed by atoms with Crippen molar-refractivity contribution < 1.29 is 9.90 Å². The molecule has 1 rings (SSSR count). The van der Waals surface area contributed by atoms with Crippen molar-refractivity contribution in [1.29, 1.82) is 0 Å². The Morgan fingerprint density at radius 2 is 2.17 bits per heavy atom. The summed E-state index contributed by atoms with van der Waals surface area (Å²) < 4.78 is 0. The number of aliphatic carboxylic acids is 1. The molecule has 0 aliphatic rings. The molecule has 0 saturated carbocycles. The van der Waals surface area contributed by atoms with Crippen molar-refractivity contribution in [2.24, 2.45) is 11.8 Å². The van der Waals surface area contributed by atoms with Crippen molar-refractivity contribution in [2.75, 3.05) is 11.9 Å². The first kappa shape index (κ1) is 14.5. The molecule has 0 aromatic carbocycles. The minimum atomic E-state index is -0.737. The fraction of sp³-hybridized carbons (Fsp3) is 0.571. The lowest BCUT2D eigenvalue weighted by Crippen LogP contribution is -2.20. The fourth-order valence-electron chi connectivity index (χ4n) is 1.97. The maximum atomic E-state index is 10.8. The van der Waals surface area contributed by atoms with E-state index in [0.29, 0.717) is 12.5 Å². The van der Waals surface area contributed by atoms with Crippen LogP contribution in [0.1, 0.15) is 32.3 Å². The molecule has 4 nitrogen and oxygen atoms in total. The molecule has 0 spiro atoms. The number of nitrogens with one attached hydrogen (secondary N) is 1. The summed E-state index contributed by atoms with van der Waals surface area (Å²) in [7, 11) is 0. The summed E-state index contributed by atoms with van der Waals surface area (Å²) in [6, 6.07) is 3.91. The van der Waals surface area contributed by atoms with Crippen LogP contribution in [0.25, 0.3) is 0 Å². The maximum Gasteiger partial charge on any atom is 0.303 e. The molecular weight excluding hydrogens is 228 g/mol. The van der Waals surface area contributed by atoms with Gasteiger partial charge < -0.3 is 10.4 Å². The van der Waals surface area contributed by atoms with Gasteiger partial charge in [-0.05, 0) is 36.8 Å². The standard InChI is InChI=1S/C14H22N2O2/c1-10(2)6-12(7-14(17)18)9-16-13-5-4-11(3)8-15-13/h4-5,8,10,12H,6-7,9H2,1-3H3,(H,15,16)(H,17,18). The average molecular weight is 250 g/mol. The quantitative estimate of drug-likeness (QED) is 0.781. The first-order valence-electron chi connectivity index (χ1n) is 6.35. The summed E-state index contributed by atoms with van der Waals surface area (Å²) in [5.41, 5.74) is 1.12. The number of carboxylic acid groups (broad SMARTS) is 1. The fourth-order valence-corrected chi connectivity index (χ4v) is 1.97. The van der Waals surface area contributed by atoms with E-state index in [-0.39, 0.29) is 12.3 Å². The van der Waals surface area contributed by atoms with E-state index in [1.807, 2.05) is 19.1 Å². The number of hydrogen-bond donors (Lipinski definition) is 2. The van der Waals surface area contributed by atoms with Crippen molar-refractivity contribution in [2.45, 2.75) is 33.6 Å². The lowest BCUT2D eigenvalue weighted by molar-refractivity contribution is -0.138. The van der Waals surface area contributed by atoms with Gasteiger partial charge in [0.1, 0.15) is 5.82 Å². The number of aromatic nitrogens is 1. The van der Waals surface area contributed by atoms with E-state index < -0.39 is 5.97 Å². The lowest BCUT2D eigenvalue weighted by Gasteiger charge is -2.18. The van der Waals surface area contributed by atoms with E-state index >= 15 is 0 Å². The number of nitrogens with zero attached hydrogens (tertiary/aromatic N) is 1. The van der Waals surface area contributed by atoms with Gasteiger partial charge in [0.15, 0.2) is 0 Å². The van der Waals surface area contributed by atoms with Crippen LogP contribution in [-0.2, 0) is 4.79 Å². The molecule has 0 aliphatic carbocycles. The second kappa shape index (κ2) is 6.99.